The van der Waals surface area contributed by atoms with E-state index in [1.807, 2.05) is 31.2 Å². The molecule has 2 amide bonds. The van der Waals surface area contributed by atoms with Crippen molar-refractivity contribution in [2.75, 3.05) is 25.1 Å². The van der Waals surface area contributed by atoms with Crippen molar-refractivity contribution in [3.8, 4) is 0 Å². The van der Waals surface area contributed by atoms with E-state index < -0.39 is 0 Å². The van der Waals surface area contributed by atoms with Crippen molar-refractivity contribution >= 4 is 11.7 Å². The van der Waals surface area contributed by atoms with E-state index >= 15 is 0 Å². The summed E-state index contributed by atoms with van der Waals surface area (Å²) in [6.45, 7) is 8.18. The average molecular weight is 293 g/mol. The van der Waals surface area contributed by atoms with Crippen LogP contribution in [0.4, 0.5) is 10.5 Å². The zero-order valence-electron chi connectivity index (χ0n) is 13.2. The van der Waals surface area contributed by atoms with Gasteiger partial charge in [-0.15, -0.1) is 0 Å². The van der Waals surface area contributed by atoms with E-state index in [2.05, 4.69) is 24.5 Å². The van der Waals surface area contributed by atoms with Crippen molar-refractivity contribution < 1.29 is 9.53 Å². The Morgan fingerprint density at radius 3 is 2.48 bits per heavy atom. The largest absolute Gasteiger partial charge is 0.381 e. The molecule has 0 aliphatic rings. The molecule has 1 atom stereocenters. The highest BCUT2D eigenvalue weighted by molar-refractivity contribution is 5.89. The Morgan fingerprint density at radius 1 is 1.24 bits per heavy atom. The van der Waals surface area contributed by atoms with Crippen molar-refractivity contribution in [2.45, 2.75) is 33.2 Å². The van der Waals surface area contributed by atoms with Crippen LogP contribution in [0.15, 0.2) is 24.3 Å². The Kier molecular flexibility index (Phi) is 7.79. The standard InChI is InChI=1S/C16H27N3O2/c1-12(2)11-21-10-4-9-18-16(20)19-15-7-5-14(6-8-15)13(3)17/h5-8,12-13H,4,9-11,17H2,1-3H3,(H2,18,19,20). The van der Waals surface area contributed by atoms with Crippen LogP contribution < -0.4 is 16.4 Å². The smallest absolute Gasteiger partial charge is 0.319 e. The van der Waals surface area contributed by atoms with Crippen molar-refractivity contribution in [1.29, 1.82) is 0 Å². The van der Waals surface area contributed by atoms with Crippen molar-refractivity contribution in [3.63, 3.8) is 0 Å². The number of nitrogens with two attached hydrogens (primary N) is 1. The van der Waals surface area contributed by atoms with Gasteiger partial charge in [0.05, 0.1) is 0 Å². The Morgan fingerprint density at radius 2 is 1.90 bits per heavy atom. The number of hydrogen-bond acceptors (Lipinski definition) is 3. The van der Waals surface area contributed by atoms with E-state index in [0.29, 0.717) is 19.1 Å². The molecule has 1 unspecified atom stereocenters. The average Bonchev–Trinajstić information content (AvgIpc) is 2.43. The van der Waals surface area contributed by atoms with Gasteiger partial charge < -0.3 is 21.1 Å². The molecule has 0 saturated carbocycles. The minimum atomic E-state index is -0.201. The first-order valence-electron chi connectivity index (χ1n) is 7.47. The van der Waals surface area contributed by atoms with Crippen LogP contribution in [0.5, 0.6) is 0 Å². The van der Waals surface area contributed by atoms with E-state index in [0.717, 1.165) is 24.3 Å². The number of urea groups is 1. The van der Waals surface area contributed by atoms with Crippen LogP contribution >= 0.6 is 0 Å². The summed E-state index contributed by atoms with van der Waals surface area (Å²) in [5.41, 5.74) is 7.58. The summed E-state index contributed by atoms with van der Waals surface area (Å²) in [7, 11) is 0. The maximum absolute atomic E-state index is 11.7. The van der Waals surface area contributed by atoms with Crippen LogP contribution in [-0.2, 0) is 4.74 Å². The second-order valence-electron chi connectivity index (χ2n) is 5.61. The van der Waals surface area contributed by atoms with E-state index in [4.69, 9.17) is 10.5 Å². The number of ether oxygens (including phenoxy) is 1. The van der Waals surface area contributed by atoms with Gasteiger partial charge in [-0.25, -0.2) is 4.79 Å². The van der Waals surface area contributed by atoms with Crippen LogP contribution in [0.3, 0.4) is 0 Å². The Labute approximate surface area is 127 Å². The second kappa shape index (κ2) is 9.37. The number of hydrogen-bond donors (Lipinski definition) is 3. The molecule has 1 aromatic carbocycles. The highest BCUT2D eigenvalue weighted by atomic mass is 16.5. The molecular formula is C16H27N3O2. The van der Waals surface area contributed by atoms with Gasteiger partial charge in [-0.3, -0.25) is 0 Å². The summed E-state index contributed by atoms with van der Waals surface area (Å²) in [4.78, 5) is 11.7. The lowest BCUT2D eigenvalue weighted by atomic mass is 10.1. The number of benzene rings is 1. The third-order valence-electron chi connectivity index (χ3n) is 2.90. The highest BCUT2D eigenvalue weighted by Crippen LogP contribution is 2.13. The third-order valence-corrected chi connectivity index (χ3v) is 2.90. The number of carbonyl (C=O) groups excluding carboxylic acids is 1. The first kappa shape index (κ1) is 17.5. The fourth-order valence-corrected chi connectivity index (χ4v) is 1.74. The fraction of sp³-hybridized carbons (Fsp3) is 0.562. The zero-order chi connectivity index (χ0) is 15.7. The lowest BCUT2D eigenvalue weighted by molar-refractivity contribution is 0.108. The topological polar surface area (TPSA) is 76.4 Å². The summed E-state index contributed by atoms with van der Waals surface area (Å²) in [5.74, 6) is 0.542. The molecule has 118 valence electrons. The van der Waals surface area contributed by atoms with Crippen molar-refractivity contribution in [1.82, 2.24) is 5.32 Å². The van der Waals surface area contributed by atoms with Crippen molar-refractivity contribution in [2.24, 2.45) is 11.7 Å². The minimum absolute atomic E-state index is 0.00119. The molecule has 0 bridgehead atoms. The first-order chi connectivity index (χ1) is 9.99. The molecule has 0 aromatic heterocycles. The van der Waals surface area contributed by atoms with Crippen LogP contribution in [0, 0.1) is 5.92 Å². The molecule has 0 saturated heterocycles. The predicted molar refractivity (Wildman–Crippen MR) is 86.3 cm³/mol. The summed E-state index contributed by atoms with van der Waals surface area (Å²) < 4.78 is 5.45. The number of amides is 2. The molecule has 5 nitrogen and oxygen atoms in total. The predicted octanol–water partition coefficient (Wildman–Crippen LogP) is 2.89. The van der Waals surface area contributed by atoms with Gasteiger partial charge >= 0.3 is 6.03 Å². The third kappa shape index (κ3) is 7.68. The van der Waals surface area contributed by atoms with Gasteiger partial charge in [0, 0.05) is 31.5 Å². The zero-order valence-corrected chi connectivity index (χ0v) is 13.2. The molecule has 4 N–H and O–H groups in total. The van der Waals surface area contributed by atoms with Crippen LogP contribution in [0.2, 0.25) is 0 Å². The fourth-order valence-electron chi connectivity index (χ4n) is 1.74. The van der Waals surface area contributed by atoms with Gasteiger partial charge in [-0.2, -0.15) is 0 Å². The van der Waals surface area contributed by atoms with Crippen molar-refractivity contribution in [3.05, 3.63) is 29.8 Å². The maximum atomic E-state index is 11.7. The van der Waals surface area contributed by atoms with Gasteiger partial charge in [0.25, 0.3) is 0 Å². The van der Waals surface area contributed by atoms with E-state index in [-0.39, 0.29) is 12.1 Å². The Balaban J connectivity index is 2.18. The number of nitrogens with one attached hydrogen (secondary N) is 2. The van der Waals surface area contributed by atoms with Gasteiger partial charge in [0.2, 0.25) is 0 Å². The normalized spacial score (nSPS) is 12.2. The maximum Gasteiger partial charge on any atom is 0.319 e. The SMILES string of the molecule is CC(C)COCCCNC(=O)Nc1ccc(C(C)N)cc1. The van der Waals surface area contributed by atoms with Crippen LogP contribution in [0.1, 0.15) is 38.8 Å². The molecule has 21 heavy (non-hydrogen) atoms. The van der Waals surface area contributed by atoms with Gasteiger partial charge in [0.15, 0.2) is 0 Å². The van der Waals surface area contributed by atoms with Gasteiger partial charge in [-0.05, 0) is 37.0 Å². The Hall–Kier alpha value is -1.59. The molecule has 5 heteroatoms. The number of rotatable bonds is 8. The minimum Gasteiger partial charge on any atom is -0.381 e. The van der Waals surface area contributed by atoms with Gasteiger partial charge in [-0.1, -0.05) is 26.0 Å². The summed E-state index contributed by atoms with van der Waals surface area (Å²) in [6.07, 6.45) is 0.809. The molecule has 0 spiro atoms. The molecule has 0 fully saturated rings. The summed E-state index contributed by atoms with van der Waals surface area (Å²) >= 11 is 0. The molecule has 0 radical (unpaired) electrons. The van der Waals surface area contributed by atoms with Crippen LogP contribution in [0.25, 0.3) is 0 Å². The second-order valence-corrected chi connectivity index (χ2v) is 5.61. The van der Waals surface area contributed by atoms with E-state index in [1.54, 1.807) is 0 Å². The molecule has 0 heterocycles. The highest BCUT2D eigenvalue weighted by Gasteiger charge is 2.03. The summed E-state index contributed by atoms with van der Waals surface area (Å²) in [5, 5.41) is 5.59. The lowest BCUT2D eigenvalue weighted by Gasteiger charge is -2.10. The molecule has 0 aliphatic carbocycles. The Bertz CT molecular complexity index is 416. The van der Waals surface area contributed by atoms with Crippen LogP contribution in [-0.4, -0.2) is 25.8 Å². The molecule has 0 aliphatic heterocycles. The lowest BCUT2D eigenvalue weighted by Crippen LogP contribution is -2.30. The quantitative estimate of drug-likeness (QED) is 0.645. The monoisotopic (exact) mass is 293 g/mol. The molecular weight excluding hydrogens is 266 g/mol. The number of carbonyl (C=O) groups is 1. The van der Waals surface area contributed by atoms with E-state index in [9.17, 15) is 4.79 Å². The molecule has 1 rings (SSSR count). The van der Waals surface area contributed by atoms with Gasteiger partial charge in [0.1, 0.15) is 0 Å². The summed E-state index contributed by atoms with van der Waals surface area (Å²) in [6, 6.07) is 7.33. The number of anilines is 1. The first-order valence-corrected chi connectivity index (χ1v) is 7.47. The van der Waals surface area contributed by atoms with E-state index in [1.165, 1.54) is 0 Å². The molecule has 1 aromatic rings.